The van der Waals surface area contributed by atoms with E-state index in [1.165, 1.54) is 18.3 Å². The second kappa shape index (κ2) is 8.42. The first-order valence-electron chi connectivity index (χ1n) is 9.37. The highest BCUT2D eigenvalue weighted by Crippen LogP contribution is 2.22. The van der Waals surface area contributed by atoms with Crippen molar-refractivity contribution in [2.75, 3.05) is 7.11 Å². The number of hydrazone groups is 1. The second-order valence-electron chi connectivity index (χ2n) is 6.75. The zero-order chi connectivity index (χ0) is 21.0. The summed E-state index contributed by atoms with van der Waals surface area (Å²) in [6, 6.07) is 24.0. The lowest BCUT2D eigenvalue weighted by Gasteiger charge is -2.07. The monoisotopic (exact) mass is 419 g/mol. The number of sulfonamides is 1. The third-order valence-corrected chi connectivity index (χ3v) is 5.98. The van der Waals surface area contributed by atoms with Gasteiger partial charge in [0.05, 0.1) is 18.2 Å². The number of nitrogens with one attached hydrogen (secondary N) is 1. The number of aromatic nitrogens is 1. The molecule has 0 atom stereocenters. The number of hydrogen-bond donors (Lipinski definition) is 1. The molecule has 0 amide bonds. The van der Waals surface area contributed by atoms with Crippen LogP contribution < -0.4 is 9.57 Å². The molecule has 0 aliphatic rings. The molecule has 4 aromatic rings. The first-order chi connectivity index (χ1) is 14.6. The van der Waals surface area contributed by atoms with E-state index in [0.29, 0.717) is 6.54 Å². The fraction of sp³-hybridized carbons (Fsp3) is 0.0870. The fourth-order valence-electron chi connectivity index (χ4n) is 3.29. The zero-order valence-corrected chi connectivity index (χ0v) is 17.2. The molecule has 6 nitrogen and oxygen atoms in total. The van der Waals surface area contributed by atoms with Crippen LogP contribution in [-0.4, -0.2) is 26.3 Å². The van der Waals surface area contributed by atoms with Crippen molar-refractivity contribution in [3.05, 3.63) is 96.2 Å². The van der Waals surface area contributed by atoms with Crippen molar-refractivity contribution >= 4 is 27.1 Å². The van der Waals surface area contributed by atoms with Gasteiger partial charge in [0, 0.05) is 29.2 Å². The van der Waals surface area contributed by atoms with Crippen molar-refractivity contribution < 1.29 is 13.2 Å². The van der Waals surface area contributed by atoms with Gasteiger partial charge in [-0.05, 0) is 35.9 Å². The van der Waals surface area contributed by atoms with Crippen LogP contribution in [0.4, 0.5) is 0 Å². The molecule has 0 spiro atoms. The van der Waals surface area contributed by atoms with Gasteiger partial charge < -0.3 is 9.30 Å². The van der Waals surface area contributed by atoms with Crippen molar-refractivity contribution in [2.45, 2.75) is 11.4 Å². The van der Waals surface area contributed by atoms with Crippen LogP contribution >= 0.6 is 0 Å². The van der Waals surface area contributed by atoms with Gasteiger partial charge in [-0.1, -0.05) is 48.5 Å². The average molecular weight is 420 g/mol. The van der Waals surface area contributed by atoms with Crippen LogP contribution in [0.25, 0.3) is 10.9 Å². The molecule has 0 unspecified atom stereocenters. The molecule has 1 aromatic heterocycles. The normalized spacial score (nSPS) is 11.8. The molecule has 0 fully saturated rings. The van der Waals surface area contributed by atoms with Crippen molar-refractivity contribution in [2.24, 2.45) is 5.10 Å². The predicted octanol–water partition coefficient (Wildman–Crippen LogP) is 4.01. The molecular formula is C23H21N3O3S. The van der Waals surface area contributed by atoms with E-state index in [0.717, 1.165) is 27.8 Å². The van der Waals surface area contributed by atoms with Crippen molar-refractivity contribution in [1.82, 2.24) is 9.40 Å². The highest BCUT2D eigenvalue weighted by molar-refractivity contribution is 7.89. The van der Waals surface area contributed by atoms with Gasteiger partial charge in [-0.3, -0.25) is 0 Å². The molecule has 0 radical (unpaired) electrons. The maximum atomic E-state index is 12.4. The molecule has 0 saturated heterocycles. The van der Waals surface area contributed by atoms with Gasteiger partial charge >= 0.3 is 0 Å². The molecule has 0 aliphatic carbocycles. The van der Waals surface area contributed by atoms with Crippen molar-refractivity contribution in [3.8, 4) is 5.75 Å². The van der Waals surface area contributed by atoms with Crippen LogP contribution in [0.2, 0.25) is 0 Å². The average Bonchev–Trinajstić information content (AvgIpc) is 3.12. The van der Waals surface area contributed by atoms with E-state index < -0.39 is 10.0 Å². The molecule has 0 bridgehead atoms. The van der Waals surface area contributed by atoms with E-state index in [9.17, 15) is 8.42 Å². The molecule has 1 N–H and O–H groups in total. The van der Waals surface area contributed by atoms with E-state index >= 15 is 0 Å². The Balaban J connectivity index is 1.61. The smallest absolute Gasteiger partial charge is 0.276 e. The molecule has 0 saturated carbocycles. The minimum absolute atomic E-state index is 0.169. The van der Waals surface area contributed by atoms with Gasteiger partial charge in [0.25, 0.3) is 10.0 Å². The van der Waals surface area contributed by atoms with E-state index in [2.05, 4.69) is 14.5 Å². The molecule has 4 rings (SSSR count). The van der Waals surface area contributed by atoms with Gasteiger partial charge in [-0.15, -0.1) is 0 Å². The minimum Gasteiger partial charge on any atom is -0.497 e. The van der Waals surface area contributed by atoms with Crippen LogP contribution in [0.1, 0.15) is 11.1 Å². The summed E-state index contributed by atoms with van der Waals surface area (Å²) in [5, 5.41) is 4.98. The Kier molecular flexibility index (Phi) is 5.54. The van der Waals surface area contributed by atoms with Gasteiger partial charge in [0.2, 0.25) is 0 Å². The number of para-hydroxylation sites is 1. The molecule has 30 heavy (non-hydrogen) atoms. The first-order valence-corrected chi connectivity index (χ1v) is 10.9. The predicted molar refractivity (Wildman–Crippen MR) is 118 cm³/mol. The number of benzene rings is 3. The summed E-state index contributed by atoms with van der Waals surface area (Å²) in [5.41, 5.74) is 2.96. The molecule has 7 heteroatoms. The number of ether oxygens (including phenoxy) is 1. The summed E-state index contributed by atoms with van der Waals surface area (Å²) in [6.45, 7) is 0.654. The number of fused-ring (bicyclic) bond motifs is 1. The standard InChI is InChI=1S/C23H21N3O3S/c1-29-20-9-7-8-18(14-20)16-26-17-19(22-12-5-6-13-23(22)26)15-24-25-30(27,28)21-10-3-2-4-11-21/h2-15,17,25H,16H2,1H3/b24-15+. The Morgan fingerprint density at radius 2 is 1.77 bits per heavy atom. The summed E-state index contributed by atoms with van der Waals surface area (Å²) in [7, 11) is -2.05. The van der Waals surface area contributed by atoms with E-state index in [1.54, 1.807) is 25.3 Å². The fourth-order valence-corrected chi connectivity index (χ4v) is 4.11. The molecule has 152 valence electrons. The largest absolute Gasteiger partial charge is 0.497 e. The van der Waals surface area contributed by atoms with Gasteiger partial charge in [0.15, 0.2) is 0 Å². The molecular weight excluding hydrogens is 398 g/mol. The van der Waals surface area contributed by atoms with E-state index in [1.807, 2.05) is 54.7 Å². The Morgan fingerprint density at radius 1 is 1.00 bits per heavy atom. The highest BCUT2D eigenvalue weighted by atomic mass is 32.2. The SMILES string of the molecule is COc1cccc(Cn2cc(/C=N/NS(=O)(=O)c3ccccc3)c3ccccc32)c1. The summed E-state index contributed by atoms with van der Waals surface area (Å²) in [5.74, 6) is 0.807. The molecule has 0 aliphatic heterocycles. The Morgan fingerprint density at radius 3 is 2.57 bits per heavy atom. The highest BCUT2D eigenvalue weighted by Gasteiger charge is 2.12. The van der Waals surface area contributed by atoms with Gasteiger partial charge in [-0.2, -0.15) is 13.5 Å². The van der Waals surface area contributed by atoms with Crippen LogP contribution in [-0.2, 0) is 16.6 Å². The maximum Gasteiger partial charge on any atom is 0.276 e. The maximum absolute atomic E-state index is 12.4. The van der Waals surface area contributed by atoms with Crippen LogP contribution in [0.15, 0.2) is 95.1 Å². The van der Waals surface area contributed by atoms with E-state index in [4.69, 9.17) is 4.74 Å². The summed E-state index contributed by atoms with van der Waals surface area (Å²) in [4.78, 5) is 2.45. The Labute approximate surface area is 175 Å². The lowest BCUT2D eigenvalue weighted by atomic mass is 10.2. The quantitative estimate of drug-likeness (QED) is 0.363. The minimum atomic E-state index is -3.70. The lowest BCUT2D eigenvalue weighted by Crippen LogP contribution is -2.18. The second-order valence-corrected chi connectivity index (χ2v) is 8.41. The van der Waals surface area contributed by atoms with Crippen molar-refractivity contribution in [1.29, 1.82) is 0 Å². The third-order valence-electron chi connectivity index (χ3n) is 4.74. The zero-order valence-electron chi connectivity index (χ0n) is 16.4. The third kappa shape index (κ3) is 4.21. The number of nitrogens with zero attached hydrogens (tertiary/aromatic N) is 2. The van der Waals surface area contributed by atoms with Gasteiger partial charge in [-0.25, -0.2) is 4.83 Å². The Hall–Kier alpha value is -3.58. The summed E-state index contributed by atoms with van der Waals surface area (Å²) in [6.07, 6.45) is 3.50. The number of methoxy groups -OCH3 is 1. The number of hydrogen-bond acceptors (Lipinski definition) is 4. The van der Waals surface area contributed by atoms with Crippen LogP contribution in [0, 0.1) is 0 Å². The van der Waals surface area contributed by atoms with Crippen LogP contribution in [0.3, 0.4) is 0 Å². The van der Waals surface area contributed by atoms with E-state index in [-0.39, 0.29) is 4.90 Å². The topological polar surface area (TPSA) is 72.7 Å². The summed E-state index contributed by atoms with van der Waals surface area (Å²) >= 11 is 0. The first kappa shape index (κ1) is 19.7. The molecule has 3 aromatic carbocycles. The lowest BCUT2D eigenvalue weighted by molar-refractivity contribution is 0.414. The van der Waals surface area contributed by atoms with Gasteiger partial charge in [0.1, 0.15) is 5.75 Å². The Bertz CT molecular complexity index is 1300. The van der Waals surface area contributed by atoms with Crippen LogP contribution in [0.5, 0.6) is 5.75 Å². The number of rotatable bonds is 7. The summed E-state index contributed by atoms with van der Waals surface area (Å²) < 4.78 is 32.1. The van der Waals surface area contributed by atoms with Crippen molar-refractivity contribution in [3.63, 3.8) is 0 Å². The molecule has 1 heterocycles.